The summed E-state index contributed by atoms with van der Waals surface area (Å²) >= 11 is 0. The van der Waals surface area contributed by atoms with Gasteiger partial charge in [0.15, 0.2) is 6.10 Å². The van der Waals surface area contributed by atoms with E-state index in [0.717, 1.165) is 12.0 Å². The van der Waals surface area contributed by atoms with E-state index in [1.165, 1.54) is 0 Å². The third-order valence-electron chi connectivity index (χ3n) is 2.56. The highest BCUT2D eigenvalue weighted by molar-refractivity contribution is 5.96. The second-order valence-electron chi connectivity index (χ2n) is 4.11. The Hall–Kier alpha value is -2.04. The third kappa shape index (κ3) is 4.99. The topological polar surface area (TPSA) is 67.4 Å². The fourth-order valence-corrected chi connectivity index (χ4v) is 1.51. The van der Waals surface area contributed by atoms with Gasteiger partial charge >= 0.3 is 6.03 Å². The lowest BCUT2D eigenvalue weighted by Gasteiger charge is -2.14. The summed E-state index contributed by atoms with van der Waals surface area (Å²) < 4.78 is 5.51. The molecule has 0 saturated carbocycles. The first-order chi connectivity index (χ1) is 9.06. The molecule has 19 heavy (non-hydrogen) atoms. The van der Waals surface area contributed by atoms with Crippen LogP contribution in [0.1, 0.15) is 26.3 Å². The summed E-state index contributed by atoms with van der Waals surface area (Å²) in [4.78, 5) is 22.9. The second kappa shape index (κ2) is 7.41. The number of rotatable bonds is 5. The van der Waals surface area contributed by atoms with Crippen LogP contribution in [0, 0.1) is 0 Å². The van der Waals surface area contributed by atoms with Crippen LogP contribution in [0.2, 0.25) is 0 Å². The van der Waals surface area contributed by atoms with Gasteiger partial charge in [0.2, 0.25) is 0 Å². The molecule has 0 heterocycles. The van der Waals surface area contributed by atoms with E-state index in [-0.39, 0.29) is 0 Å². The van der Waals surface area contributed by atoms with Crippen molar-refractivity contribution >= 4 is 11.9 Å². The monoisotopic (exact) mass is 264 g/mol. The van der Waals surface area contributed by atoms with Gasteiger partial charge in [-0.25, -0.2) is 4.79 Å². The summed E-state index contributed by atoms with van der Waals surface area (Å²) in [5.74, 6) is 0.158. The first-order valence-corrected chi connectivity index (χ1v) is 6.41. The van der Waals surface area contributed by atoms with E-state index in [4.69, 9.17) is 4.74 Å². The molecule has 0 aliphatic heterocycles. The van der Waals surface area contributed by atoms with E-state index in [0.29, 0.717) is 12.3 Å². The Bertz CT molecular complexity index is 446. The van der Waals surface area contributed by atoms with E-state index >= 15 is 0 Å². The summed E-state index contributed by atoms with van der Waals surface area (Å²) in [6, 6.07) is 7.03. The molecule has 2 N–H and O–H groups in total. The number of carbonyl (C=O) groups excluding carboxylic acids is 2. The molecular weight excluding hydrogens is 244 g/mol. The fraction of sp³-hybridized carbons (Fsp3) is 0.429. The molecule has 5 nitrogen and oxygen atoms in total. The highest BCUT2D eigenvalue weighted by Gasteiger charge is 2.17. The van der Waals surface area contributed by atoms with Crippen molar-refractivity contribution in [3.63, 3.8) is 0 Å². The minimum Gasteiger partial charge on any atom is -0.481 e. The summed E-state index contributed by atoms with van der Waals surface area (Å²) in [5, 5.41) is 4.70. The van der Waals surface area contributed by atoms with Crippen molar-refractivity contribution in [2.75, 3.05) is 6.54 Å². The third-order valence-corrected chi connectivity index (χ3v) is 2.56. The lowest BCUT2D eigenvalue weighted by molar-refractivity contribution is -0.126. The number of nitrogens with one attached hydrogen (secondary N) is 2. The Balaban J connectivity index is 2.55. The average molecular weight is 264 g/mol. The van der Waals surface area contributed by atoms with Crippen LogP contribution in [-0.2, 0) is 11.2 Å². The second-order valence-corrected chi connectivity index (χ2v) is 4.11. The predicted octanol–water partition coefficient (Wildman–Crippen LogP) is 1.86. The van der Waals surface area contributed by atoms with Gasteiger partial charge in [0, 0.05) is 6.54 Å². The van der Waals surface area contributed by atoms with Crippen LogP contribution in [0.15, 0.2) is 24.3 Å². The summed E-state index contributed by atoms with van der Waals surface area (Å²) in [6.07, 6.45) is 0.172. The molecule has 3 amide bonds. The Morgan fingerprint density at radius 3 is 2.68 bits per heavy atom. The van der Waals surface area contributed by atoms with Crippen LogP contribution in [0.3, 0.4) is 0 Å². The molecule has 5 heteroatoms. The minimum absolute atomic E-state index is 0.465. The van der Waals surface area contributed by atoms with Crippen LogP contribution in [0.5, 0.6) is 5.75 Å². The zero-order chi connectivity index (χ0) is 14.3. The van der Waals surface area contributed by atoms with Crippen molar-refractivity contribution in [3.05, 3.63) is 29.8 Å². The quantitative estimate of drug-likeness (QED) is 0.853. The van der Waals surface area contributed by atoms with Gasteiger partial charge in [-0.2, -0.15) is 0 Å². The van der Waals surface area contributed by atoms with Gasteiger partial charge < -0.3 is 10.1 Å². The molecule has 104 valence electrons. The molecule has 1 atom stereocenters. The molecule has 0 fully saturated rings. The maximum atomic E-state index is 11.7. The zero-order valence-corrected chi connectivity index (χ0v) is 11.5. The van der Waals surface area contributed by atoms with Crippen molar-refractivity contribution in [3.8, 4) is 5.75 Å². The van der Waals surface area contributed by atoms with Crippen LogP contribution < -0.4 is 15.4 Å². The Morgan fingerprint density at radius 1 is 1.32 bits per heavy atom. The summed E-state index contributed by atoms with van der Waals surface area (Å²) in [7, 11) is 0. The van der Waals surface area contributed by atoms with Gasteiger partial charge in [0.1, 0.15) is 5.75 Å². The normalized spacial score (nSPS) is 11.5. The number of carbonyl (C=O) groups is 2. The van der Waals surface area contributed by atoms with E-state index < -0.39 is 18.0 Å². The highest BCUT2D eigenvalue weighted by atomic mass is 16.5. The molecule has 0 bridgehead atoms. The largest absolute Gasteiger partial charge is 0.481 e. The maximum absolute atomic E-state index is 11.7. The van der Waals surface area contributed by atoms with Crippen molar-refractivity contribution in [2.45, 2.75) is 33.3 Å². The molecule has 0 saturated heterocycles. The minimum atomic E-state index is -0.727. The van der Waals surface area contributed by atoms with Gasteiger partial charge in [-0.15, -0.1) is 0 Å². The van der Waals surface area contributed by atoms with Gasteiger partial charge in [0.25, 0.3) is 5.91 Å². The smallest absolute Gasteiger partial charge is 0.321 e. The van der Waals surface area contributed by atoms with Gasteiger partial charge in [-0.1, -0.05) is 19.1 Å². The molecule has 1 aromatic rings. The predicted molar refractivity (Wildman–Crippen MR) is 73.1 cm³/mol. The number of imide groups is 1. The molecule has 0 aliphatic carbocycles. The number of ether oxygens (including phenoxy) is 1. The number of hydrogen-bond donors (Lipinski definition) is 2. The first-order valence-electron chi connectivity index (χ1n) is 6.41. The van der Waals surface area contributed by atoms with Gasteiger partial charge in [-0.05, 0) is 38.0 Å². The molecule has 0 aliphatic rings. The van der Waals surface area contributed by atoms with Crippen LogP contribution in [0.25, 0.3) is 0 Å². The van der Waals surface area contributed by atoms with Crippen LogP contribution >= 0.6 is 0 Å². The first kappa shape index (κ1) is 15.0. The van der Waals surface area contributed by atoms with Crippen molar-refractivity contribution in [1.82, 2.24) is 10.6 Å². The maximum Gasteiger partial charge on any atom is 0.321 e. The van der Waals surface area contributed by atoms with Gasteiger partial charge in [-0.3, -0.25) is 10.1 Å². The SMILES string of the molecule is CCNC(=O)NC(=O)C(C)Oc1cccc(CC)c1. The van der Waals surface area contributed by atoms with Crippen molar-refractivity contribution < 1.29 is 14.3 Å². The molecule has 1 rings (SSSR count). The van der Waals surface area contributed by atoms with E-state index in [2.05, 4.69) is 10.6 Å². The lowest BCUT2D eigenvalue weighted by atomic mass is 10.2. The fourth-order valence-electron chi connectivity index (χ4n) is 1.51. The standard InChI is InChI=1S/C14H20N2O3/c1-4-11-7-6-8-12(9-11)19-10(3)13(17)16-14(18)15-5-2/h6-10H,4-5H2,1-3H3,(H2,15,16,17,18). The van der Waals surface area contributed by atoms with Crippen LogP contribution in [-0.4, -0.2) is 24.6 Å². The Morgan fingerprint density at radius 2 is 2.05 bits per heavy atom. The molecular formula is C14H20N2O3. The van der Waals surface area contributed by atoms with Gasteiger partial charge in [0.05, 0.1) is 0 Å². The molecule has 0 radical (unpaired) electrons. The van der Waals surface area contributed by atoms with Crippen LogP contribution in [0.4, 0.5) is 4.79 Å². The number of hydrogen-bond acceptors (Lipinski definition) is 3. The van der Waals surface area contributed by atoms with Crippen molar-refractivity contribution in [1.29, 1.82) is 0 Å². The van der Waals surface area contributed by atoms with E-state index in [1.807, 2.05) is 25.1 Å². The molecule has 1 unspecified atom stereocenters. The summed E-state index contributed by atoms with van der Waals surface area (Å²) in [5.41, 5.74) is 1.13. The Labute approximate surface area is 113 Å². The summed E-state index contributed by atoms with van der Waals surface area (Å²) in [6.45, 7) is 5.89. The zero-order valence-electron chi connectivity index (χ0n) is 11.5. The Kier molecular flexibility index (Phi) is 5.85. The molecule has 0 aromatic heterocycles. The number of benzene rings is 1. The molecule has 1 aromatic carbocycles. The number of urea groups is 1. The van der Waals surface area contributed by atoms with Crippen molar-refractivity contribution in [2.24, 2.45) is 0 Å². The highest BCUT2D eigenvalue weighted by Crippen LogP contribution is 2.15. The molecule has 0 spiro atoms. The number of amides is 3. The van der Waals surface area contributed by atoms with E-state index in [9.17, 15) is 9.59 Å². The lowest BCUT2D eigenvalue weighted by Crippen LogP contribution is -2.45. The average Bonchev–Trinajstić information content (AvgIpc) is 2.39. The van der Waals surface area contributed by atoms with E-state index in [1.54, 1.807) is 19.9 Å². The number of aryl methyl sites for hydroxylation is 1.